The lowest BCUT2D eigenvalue weighted by Gasteiger charge is -2.34. The molecule has 4 nitrogen and oxygen atoms in total. The summed E-state index contributed by atoms with van der Waals surface area (Å²) < 4.78 is 26.0. The smallest absolute Gasteiger partial charge is 0.357 e. The summed E-state index contributed by atoms with van der Waals surface area (Å²) in [4.78, 5) is 0. The molecule has 140 valence electrons. The number of halogens is 1. The summed E-state index contributed by atoms with van der Waals surface area (Å²) in [6, 6.07) is 16.0. The maximum Gasteiger partial charge on any atom is 0.357 e. The van der Waals surface area contributed by atoms with Gasteiger partial charge in [0.1, 0.15) is 0 Å². The average Bonchev–Trinajstić information content (AvgIpc) is 2.61. The molecule has 26 heavy (non-hydrogen) atoms. The Morgan fingerprint density at radius 3 is 2.27 bits per heavy atom. The summed E-state index contributed by atoms with van der Waals surface area (Å²) >= 11 is 3.45. The summed E-state index contributed by atoms with van der Waals surface area (Å²) in [6.07, 6.45) is 0.665. The van der Waals surface area contributed by atoms with E-state index < -0.39 is 13.4 Å². The Morgan fingerprint density at radius 1 is 1.08 bits per heavy atom. The number of benzene rings is 2. The van der Waals surface area contributed by atoms with Crippen molar-refractivity contribution in [2.45, 2.75) is 45.0 Å². The van der Waals surface area contributed by atoms with Gasteiger partial charge in [-0.2, -0.15) is 0 Å². The van der Waals surface area contributed by atoms with Crippen LogP contribution in [0.5, 0.6) is 0 Å². The number of hydrogen-bond acceptors (Lipinski definition) is 4. The predicted octanol–water partition coefficient (Wildman–Crippen LogP) is 6.70. The molecule has 0 spiro atoms. The molecular weight excluding hydrogens is 413 g/mol. The highest BCUT2D eigenvalue weighted by molar-refractivity contribution is 9.10. The fourth-order valence-electron chi connectivity index (χ4n) is 2.93. The molecule has 1 aliphatic heterocycles. The minimum Gasteiger partial charge on any atom is -0.368 e. The van der Waals surface area contributed by atoms with Crippen molar-refractivity contribution in [3.63, 3.8) is 0 Å². The van der Waals surface area contributed by atoms with E-state index in [0.29, 0.717) is 12.5 Å². The van der Waals surface area contributed by atoms with Gasteiger partial charge in [-0.15, -0.1) is 0 Å². The van der Waals surface area contributed by atoms with Crippen LogP contribution in [0.25, 0.3) is 0 Å². The Bertz CT molecular complexity index is 777. The van der Waals surface area contributed by atoms with Crippen LogP contribution in [0.1, 0.15) is 50.0 Å². The van der Waals surface area contributed by atoms with E-state index in [1.54, 1.807) is 0 Å². The largest absolute Gasteiger partial charge is 0.368 e. The van der Waals surface area contributed by atoms with Crippen molar-refractivity contribution < 1.29 is 13.6 Å². The third-order valence-electron chi connectivity index (χ3n) is 4.51. The average molecular weight is 438 g/mol. The Morgan fingerprint density at radius 2 is 1.69 bits per heavy atom. The zero-order chi connectivity index (χ0) is 18.7. The van der Waals surface area contributed by atoms with Gasteiger partial charge in [0.2, 0.25) is 0 Å². The highest BCUT2D eigenvalue weighted by Gasteiger charge is 2.41. The van der Waals surface area contributed by atoms with Gasteiger partial charge in [0.05, 0.1) is 12.7 Å². The molecular formula is C20H25BrNO3P. The van der Waals surface area contributed by atoms with Crippen LogP contribution in [0.4, 0.5) is 5.69 Å². The Kier molecular flexibility index (Phi) is 6.24. The zero-order valence-electron chi connectivity index (χ0n) is 15.3. The summed E-state index contributed by atoms with van der Waals surface area (Å²) in [5.74, 6) is -0.0845. The van der Waals surface area contributed by atoms with Crippen molar-refractivity contribution >= 4 is 29.2 Å². The predicted molar refractivity (Wildman–Crippen MR) is 110 cm³/mol. The van der Waals surface area contributed by atoms with Gasteiger partial charge >= 0.3 is 7.60 Å². The molecule has 1 N–H and O–H groups in total. The number of anilines is 1. The minimum atomic E-state index is -3.34. The monoisotopic (exact) mass is 437 g/mol. The third kappa shape index (κ3) is 4.58. The molecule has 3 atom stereocenters. The van der Waals surface area contributed by atoms with E-state index in [0.717, 1.165) is 22.1 Å². The topological polar surface area (TPSA) is 47.6 Å². The first-order valence-electron chi connectivity index (χ1n) is 8.92. The van der Waals surface area contributed by atoms with Gasteiger partial charge in [0, 0.05) is 10.2 Å². The van der Waals surface area contributed by atoms with E-state index in [1.807, 2.05) is 43.3 Å². The lowest BCUT2D eigenvalue weighted by Crippen LogP contribution is -2.23. The van der Waals surface area contributed by atoms with Crippen molar-refractivity contribution in [2.24, 2.45) is 0 Å². The van der Waals surface area contributed by atoms with E-state index in [4.69, 9.17) is 9.05 Å². The third-order valence-corrected chi connectivity index (χ3v) is 7.29. The molecule has 0 amide bonds. The van der Waals surface area contributed by atoms with Crippen LogP contribution in [0.3, 0.4) is 0 Å². The van der Waals surface area contributed by atoms with Gasteiger partial charge < -0.3 is 14.4 Å². The van der Waals surface area contributed by atoms with E-state index >= 15 is 0 Å². The maximum atomic E-state index is 13.5. The van der Waals surface area contributed by atoms with E-state index in [1.165, 1.54) is 5.56 Å². The Labute approximate surface area is 164 Å². The molecule has 2 aromatic rings. The standard InChI is InChI=1S/C20H25BrNO3P/c1-14(2)16-6-10-19(11-7-16)22-20(17-4-8-18(21)9-5-17)26(23)24-13-12-15(3)25-26/h4-11,14-15,20,22H,12-13H2,1-3H3/t15-,20+,26+/m1/s1. The van der Waals surface area contributed by atoms with Crippen molar-refractivity contribution in [2.75, 3.05) is 11.9 Å². The second-order valence-electron chi connectivity index (χ2n) is 6.95. The molecule has 3 rings (SSSR count). The van der Waals surface area contributed by atoms with Crippen LogP contribution < -0.4 is 5.32 Å². The fourth-order valence-corrected chi connectivity index (χ4v) is 5.33. The van der Waals surface area contributed by atoms with Crippen molar-refractivity contribution in [3.8, 4) is 0 Å². The van der Waals surface area contributed by atoms with Crippen molar-refractivity contribution in [1.82, 2.24) is 0 Å². The van der Waals surface area contributed by atoms with Crippen LogP contribution in [-0.2, 0) is 13.6 Å². The Hall–Kier alpha value is -1.13. The lowest BCUT2D eigenvalue weighted by molar-refractivity contribution is 0.0887. The first-order valence-corrected chi connectivity index (χ1v) is 11.3. The van der Waals surface area contributed by atoms with Crippen LogP contribution in [0.2, 0.25) is 0 Å². The Balaban J connectivity index is 1.92. The van der Waals surface area contributed by atoms with E-state index in [-0.39, 0.29) is 6.10 Å². The molecule has 6 heteroatoms. The summed E-state index contributed by atoms with van der Waals surface area (Å²) in [7, 11) is -3.34. The molecule has 1 aliphatic rings. The highest BCUT2D eigenvalue weighted by Crippen LogP contribution is 2.63. The molecule has 1 heterocycles. The van der Waals surface area contributed by atoms with Gasteiger partial charge in [-0.05, 0) is 54.7 Å². The molecule has 0 bridgehead atoms. The van der Waals surface area contributed by atoms with Crippen molar-refractivity contribution in [3.05, 3.63) is 64.1 Å². The summed E-state index contributed by atoms with van der Waals surface area (Å²) in [5.41, 5.74) is 3.03. The molecule has 2 aromatic carbocycles. The van der Waals surface area contributed by atoms with Gasteiger partial charge in [0.25, 0.3) is 0 Å². The normalized spacial score (nSPS) is 24.4. The molecule has 0 radical (unpaired) electrons. The number of rotatable bonds is 5. The molecule has 0 unspecified atom stereocenters. The lowest BCUT2D eigenvalue weighted by atomic mass is 10.0. The highest BCUT2D eigenvalue weighted by atomic mass is 79.9. The molecule has 0 aliphatic carbocycles. The molecule has 1 saturated heterocycles. The van der Waals surface area contributed by atoms with Crippen LogP contribution >= 0.6 is 23.5 Å². The molecule has 0 saturated carbocycles. The second kappa shape index (κ2) is 8.26. The number of hydrogen-bond donors (Lipinski definition) is 1. The van der Waals surface area contributed by atoms with Gasteiger partial charge in [-0.3, -0.25) is 4.57 Å². The first-order chi connectivity index (χ1) is 12.4. The SMILES string of the molecule is CC(C)c1ccc(N[C@H](c2ccc(Br)cc2)[P@]2(=O)OCC[C@@H](C)O2)cc1. The molecule has 0 aromatic heterocycles. The van der Waals surface area contributed by atoms with Crippen LogP contribution in [0.15, 0.2) is 53.0 Å². The fraction of sp³-hybridized carbons (Fsp3) is 0.400. The van der Waals surface area contributed by atoms with Crippen LogP contribution in [-0.4, -0.2) is 12.7 Å². The summed E-state index contributed by atoms with van der Waals surface area (Å²) in [5, 5.41) is 3.38. The zero-order valence-corrected chi connectivity index (χ0v) is 17.8. The second-order valence-corrected chi connectivity index (χ2v) is 9.93. The van der Waals surface area contributed by atoms with E-state index in [9.17, 15) is 4.57 Å². The van der Waals surface area contributed by atoms with Crippen LogP contribution in [0, 0.1) is 0 Å². The van der Waals surface area contributed by atoms with E-state index in [2.05, 4.69) is 47.2 Å². The van der Waals surface area contributed by atoms with Gasteiger partial charge in [0.15, 0.2) is 5.78 Å². The first kappa shape index (κ1) is 19.6. The number of nitrogens with one attached hydrogen (secondary N) is 1. The quantitative estimate of drug-likeness (QED) is 0.528. The molecule has 1 fully saturated rings. The van der Waals surface area contributed by atoms with Crippen molar-refractivity contribution in [1.29, 1.82) is 0 Å². The van der Waals surface area contributed by atoms with Gasteiger partial charge in [-0.1, -0.05) is 54.0 Å². The maximum absolute atomic E-state index is 13.5. The van der Waals surface area contributed by atoms with Gasteiger partial charge in [-0.25, -0.2) is 0 Å². The summed E-state index contributed by atoms with van der Waals surface area (Å²) in [6.45, 7) is 6.71. The minimum absolute atomic E-state index is 0.0855.